The molecule has 8 heteroatoms. The monoisotopic (exact) mass is 343 g/mol. The van der Waals surface area contributed by atoms with Gasteiger partial charge in [0.25, 0.3) is 0 Å². The zero-order valence-corrected chi connectivity index (χ0v) is 13.9. The van der Waals surface area contributed by atoms with Crippen molar-refractivity contribution in [1.29, 1.82) is 0 Å². The molecule has 0 amide bonds. The second-order valence-electron chi connectivity index (χ2n) is 6.21. The van der Waals surface area contributed by atoms with Crippen LogP contribution in [0.4, 0.5) is 4.39 Å². The summed E-state index contributed by atoms with van der Waals surface area (Å²) in [4.78, 5) is 11.0. The Morgan fingerprint density at radius 2 is 2.00 bits per heavy atom. The number of benzene rings is 1. The first kappa shape index (κ1) is 15.9. The van der Waals surface area contributed by atoms with Crippen molar-refractivity contribution >= 4 is 0 Å². The number of aromatic nitrogens is 4. The Morgan fingerprint density at radius 1 is 1.16 bits per heavy atom. The van der Waals surface area contributed by atoms with E-state index < -0.39 is 0 Å². The Bertz CT molecular complexity index is 845. The van der Waals surface area contributed by atoms with Crippen molar-refractivity contribution in [2.24, 2.45) is 0 Å². The minimum Gasteiger partial charge on any atom is -0.340 e. The number of halogens is 1. The Labute approximate surface area is 143 Å². The lowest BCUT2D eigenvalue weighted by Gasteiger charge is -2.19. The van der Waals surface area contributed by atoms with Crippen LogP contribution in [-0.2, 0) is 13.0 Å². The van der Waals surface area contributed by atoms with E-state index in [9.17, 15) is 4.39 Å². The highest BCUT2D eigenvalue weighted by molar-refractivity contribution is 5.19. The smallest absolute Gasteiger partial charge is 0.240 e. The fraction of sp³-hybridized carbons (Fsp3) is 0.412. The maximum atomic E-state index is 13.0. The summed E-state index contributed by atoms with van der Waals surface area (Å²) in [6, 6.07) is 6.42. The van der Waals surface area contributed by atoms with Crippen molar-refractivity contribution < 1.29 is 13.4 Å². The summed E-state index contributed by atoms with van der Waals surface area (Å²) in [6.07, 6.45) is 2.56. The molecule has 1 atom stereocenters. The van der Waals surface area contributed by atoms with E-state index in [2.05, 4.69) is 25.2 Å². The van der Waals surface area contributed by atoms with Crippen LogP contribution in [-0.4, -0.2) is 31.7 Å². The third-order valence-corrected chi connectivity index (χ3v) is 4.33. The van der Waals surface area contributed by atoms with Crippen molar-refractivity contribution in [2.45, 2.75) is 38.8 Å². The molecular formula is C17H18FN5O2. The summed E-state index contributed by atoms with van der Waals surface area (Å²) < 4.78 is 23.4. The van der Waals surface area contributed by atoms with Gasteiger partial charge in [0.2, 0.25) is 11.8 Å². The van der Waals surface area contributed by atoms with Crippen LogP contribution in [0.25, 0.3) is 0 Å². The fourth-order valence-corrected chi connectivity index (χ4v) is 3.14. The lowest BCUT2D eigenvalue weighted by atomic mass is 10.1. The number of rotatable bonds is 5. The second-order valence-corrected chi connectivity index (χ2v) is 6.21. The Morgan fingerprint density at radius 3 is 2.76 bits per heavy atom. The molecule has 130 valence electrons. The predicted octanol–water partition coefficient (Wildman–Crippen LogP) is 2.83. The van der Waals surface area contributed by atoms with E-state index in [0.29, 0.717) is 36.4 Å². The molecule has 0 bridgehead atoms. The molecule has 3 aromatic rings. The highest BCUT2D eigenvalue weighted by Crippen LogP contribution is 2.31. The first-order chi connectivity index (χ1) is 12.2. The molecule has 1 aliphatic rings. The maximum absolute atomic E-state index is 13.0. The van der Waals surface area contributed by atoms with Gasteiger partial charge in [-0.15, -0.1) is 0 Å². The number of likely N-dealkylation sites (tertiary alicyclic amines) is 1. The summed E-state index contributed by atoms with van der Waals surface area (Å²) in [6.45, 7) is 3.26. The van der Waals surface area contributed by atoms with Gasteiger partial charge in [-0.05, 0) is 37.1 Å². The molecule has 1 aromatic carbocycles. The van der Waals surface area contributed by atoms with Crippen LogP contribution in [0, 0.1) is 12.7 Å². The van der Waals surface area contributed by atoms with Crippen molar-refractivity contribution in [2.75, 3.05) is 6.54 Å². The summed E-state index contributed by atoms with van der Waals surface area (Å²) in [5.41, 5.74) is 0.940. The summed E-state index contributed by atoms with van der Waals surface area (Å²) in [5.74, 6) is 2.17. The van der Waals surface area contributed by atoms with Crippen LogP contribution < -0.4 is 0 Å². The van der Waals surface area contributed by atoms with Gasteiger partial charge in [0.05, 0.1) is 12.6 Å². The number of hydrogen-bond acceptors (Lipinski definition) is 7. The molecule has 1 aliphatic heterocycles. The quantitative estimate of drug-likeness (QED) is 0.704. The van der Waals surface area contributed by atoms with Crippen molar-refractivity contribution in [3.63, 3.8) is 0 Å². The molecule has 4 rings (SSSR count). The molecule has 7 nitrogen and oxygen atoms in total. The Kier molecular flexibility index (Phi) is 4.27. The minimum atomic E-state index is -0.255. The van der Waals surface area contributed by atoms with Gasteiger partial charge >= 0.3 is 0 Å². The van der Waals surface area contributed by atoms with Gasteiger partial charge in [-0.25, -0.2) is 4.39 Å². The topological polar surface area (TPSA) is 81.1 Å². The minimum absolute atomic E-state index is 0.116. The summed E-state index contributed by atoms with van der Waals surface area (Å²) >= 11 is 0. The van der Waals surface area contributed by atoms with Crippen LogP contribution in [0.3, 0.4) is 0 Å². The standard InChI is InChI=1S/C17H18FN5O2/c1-11-19-17(22-24-11)14-3-2-8-23(14)10-16-20-15(21-25-16)9-12-4-6-13(18)7-5-12/h4-7,14H,2-3,8-10H2,1H3/t14-/m0/s1. The van der Waals surface area contributed by atoms with Crippen LogP contribution in [0.2, 0.25) is 0 Å². The van der Waals surface area contributed by atoms with Crippen LogP contribution in [0.5, 0.6) is 0 Å². The van der Waals surface area contributed by atoms with Crippen LogP contribution in [0.1, 0.15) is 47.9 Å². The predicted molar refractivity (Wildman–Crippen MR) is 84.9 cm³/mol. The van der Waals surface area contributed by atoms with Gasteiger partial charge in [0.1, 0.15) is 5.82 Å². The van der Waals surface area contributed by atoms with Gasteiger partial charge in [0.15, 0.2) is 11.6 Å². The van der Waals surface area contributed by atoms with Gasteiger partial charge in [-0.3, -0.25) is 4.90 Å². The normalized spacial score (nSPS) is 18.1. The van der Waals surface area contributed by atoms with E-state index in [1.165, 1.54) is 12.1 Å². The average molecular weight is 343 g/mol. The molecular weight excluding hydrogens is 325 g/mol. The van der Waals surface area contributed by atoms with Gasteiger partial charge < -0.3 is 9.05 Å². The van der Waals surface area contributed by atoms with E-state index in [1.54, 1.807) is 19.1 Å². The first-order valence-corrected chi connectivity index (χ1v) is 8.27. The maximum Gasteiger partial charge on any atom is 0.240 e. The lowest BCUT2D eigenvalue weighted by molar-refractivity contribution is 0.202. The zero-order valence-electron chi connectivity index (χ0n) is 13.9. The molecule has 0 N–H and O–H groups in total. The highest BCUT2D eigenvalue weighted by atomic mass is 19.1. The van der Waals surface area contributed by atoms with E-state index in [-0.39, 0.29) is 11.9 Å². The van der Waals surface area contributed by atoms with E-state index in [1.807, 2.05) is 0 Å². The number of nitrogens with zero attached hydrogens (tertiary/aromatic N) is 5. The molecule has 0 saturated carbocycles. The van der Waals surface area contributed by atoms with Crippen LogP contribution in [0.15, 0.2) is 33.3 Å². The largest absolute Gasteiger partial charge is 0.340 e. The third-order valence-electron chi connectivity index (χ3n) is 4.33. The van der Waals surface area contributed by atoms with Crippen LogP contribution >= 0.6 is 0 Å². The molecule has 0 radical (unpaired) electrons. The van der Waals surface area contributed by atoms with Gasteiger partial charge in [-0.2, -0.15) is 9.97 Å². The van der Waals surface area contributed by atoms with Gasteiger partial charge in [0, 0.05) is 13.3 Å². The molecule has 0 aliphatic carbocycles. The fourth-order valence-electron chi connectivity index (χ4n) is 3.14. The molecule has 3 heterocycles. The molecule has 1 saturated heterocycles. The summed E-state index contributed by atoms with van der Waals surface area (Å²) in [5, 5.41) is 8.05. The second kappa shape index (κ2) is 6.72. The molecule has 25 heavy (non-hydrogen) atoms. The Hall–Kier alpha value is -2.61. The van der Waals surface area contributed by atoms with E-state index >= 15 is 0 Å². The zero-order chi connectivity index (χ0) is 17.2. The van der Waals surface area contributed by atoms with Crippen molar-refractivity contribution in [3.8, 4) is 0 Å². The van der Waals surface area contributed by atoms with E-state index in [0.717, 1.165) is 24.9 Å². The van der Waals surface area contributed by atoms with Crippen molar-refractivity contribution in [3.05, 3.63) is 59.1 Å². The highest BCUT2D eigenvalue weighted by Gasteiger charge is 2.31. The van der Waals surface area contributed by atoms with Gasteiger partial charge in [-0.1, -0.05) is 22.4 Å². The molecule has 0 spiro atoms. The first-order valence-electron chi connectivity index (χ1n) is 8.27. The number of hydrogen-bond donors (Lipinski definition) is 0. The molecule has 0 unspecified atom stereocenters. The lowest BCUT2D eigenvalue weighted by Crippen LogP contribution is -2.23. The molecule has 2 aromatic heterocycles. The van der Waals surface area contributed by atoms with Crippen molar-refractivity contribution in [1.82, 2.24) is 25.2 Å². The summed E-state index contributed by atoms with van der Waals surface area (Å²) in [7, 11) is 0. The SMILES string of the molecule is Cc1nc([C@@H]2CCCN2Cc2nc(Cc3ccc(F)cc3)no2)no1. The average Bonchev–Trinajstić information content (AvgIpc) is 3.32. The number of aryl methyl sites for hydroxylation is 1. The van der Waals surface area contributed by atoms with E-state index in [4.69, 9.17) is 9.05 Å². The Balaban J connectivity index is 1.42. The molecule has 1 fully saturated rings. The third kappa shape index (κ3) is 3.58.